The molecule has 0 aromatic heterocycles. The average molecular weight is 280 g/mol. The van der Waals surface area contributed by atoms with Crippen LogP contribution in [0.5, 0.6) is 0 Å². The maximum Gasteiger partial charge on any atom is 0.337 e. The van der Waals surface area contributed by atoms with Crippen molar-refractivity contribution in [1.29, 1.82) is 0 Å². The van der Waals surface area contributed by atoms with Crippen LogP contribution in [0.25, 0.3) is 0 Å². The summed E-state index contributed by atoms with van der Waals surface area (Å²) < 4.78 is 5.21. The predicted octanol–water partition coefficient (Wildman–Crippen LogP) is 2.28. The van der Waals surface area contributed by atoms with Crippen molar-refractivity contribution in [2.24, 2.45) is 0 Å². The first-order valence-electron chi connectivity index (χ1n) is 6.56. The Labute approximate surface area is 118 Å². The molecule has 0 saturated carbocycles. The summed E-state index contributed by atoms with van der Waals surface area (Å²) in [5, 5.41) is 11.7. The van der Waals surface area contributed by atoms with Crippen molar-refractivity contribution in [3.63, 3.8) is 0 Å². The predicted molar refractivity (Wildman–Crippen MR) is 76.2 cm³/mol. The molecular weight excluding hydrogens is 260 g/mol. The van der Waals surface area contributed by atoms with E-state index in [0.717, 1.165) is 0 Å². The largest absolute Gasteiger partial charge is 0.478 e. The molecule has 0 heterocycles. The highest BCUT2D eigenvalue weighted by Gasteiger charge is 2.15. The van der Waals surface area contributed by atoms with Gasteiger partial charge in [-0.1, -0.05) is 12.1 Å². The maximum atomic E-state index is 12.1. The highest BCUT2D eigenvalue weighted by molar-refractivity contribution is 5.99. The lowest BCUT2D eigenvalue weighted by atomic mass is 10.2. The number of likely N-dealkylation sites (N-methyl/N-ethyl adjacent to an activating group) is 1. The lowest BCUT2D eigenvalue weighted by molar-refractivity contribution is 0.0698. The quantitative estimate of drug-likeness (QED) is 0.751. The van der Waals surface area contributed by atoms with Crippen LogP contribution >= 0.6 is 0 Å². The molecule has 1 rings (SSSR count). The smallest absolute Gasteiger partial charge is 0.337 e. The number of carbonyl (C=O) groups excluding carboxylic acids is 1. The summed E-state index contributed by atoms with van der Waals surface area (Å²) in [6.45, 7) is 5.78. The van der Waals surface area contributed by atoms with Crippen molar-refractivity contribution in [2.75, 3.05) is 31.6 Å². The Bertz CT molecular complexity index is 462. The molecule has 6 nitrogen and oxygen atoms in total. The number of ether oxygens (including phenoxy) is 1. The fourth-order valence-electron chi connectivity index (χ4n) is 1.70. The molecule has 0 fully saturated rings. The number of amides is 2. The minimum absolute atomic E-state index is 0.0710. The molecule has 2 amide bonds. The zero-order valence-electron chi connectivity index (χ0n) is 11.8. The number of hydrogen-bond acceptors (Lipinski definition) is 3. The molecule has 0 radical (unpaired) electrons. The highest BCUT2D eigenvalue weighted by Crippen LogP contribution is 2.15. The number of benzene rings is 1. The van der Waals surface area contributed by atoms with Crippen molar-refractivity contribution >= 4 is 17.7 Å². The fraction of sp³-hybridized carbons (Fsp3) is 0.429. The van der Waals surface area contributed by atoms with Crippen LogP contribution in [0.2, 0.25) is 0 Å². The number of anilines is 1. The number of aromatic carboxylic acids is 1. The molecule has 2 N–H and O–H groups in total. The lowest BCUT2D eigenvalue weighted by Gasteiger charge is -2.21. The van der Waals surface area contributed by atoms with Crippen molar-refractivity contribution in [3.05, 3.63) is 29.8 Å². The van der Waals surface area contributed by atoms with Crippen LogP contribution in [0, 0.1) is 0 Å². The molecule has 0 unspecified atom stereocenters. The van der Waals surface area contributed by atoms with E-state index in [1.165, 1.54) is 6.07 Å². The molecule has 6 heteroatoms. The van der Waals surface area contributed by atoms with Crippen molar-refractivity contribution in [2.45, 2.75) is 13.8 Å². The Morgan fingerprint density at radius 1 is 1.30 bits per heavy atom. The van der Waals surface area contributed by atoms with Crippen molar-refractivity contribution < 1.29 is 19.4 Å². The number of rotatable bonds is 7. The van der Waals surface area contributed by atoms with E-state index in [1.807, 2.05) is 13.8 Å². The van der Waals surface area contributed by atoms with Crippen LogP contribution in [0.1, 0.15) is 24.2 Å². The van der Waals surface area contributed by atoms with E-state index in [2.05, 4.69) is 5.32 Å². The second-order valence-electron chi connectivity index (χ2n) is 4.06. The number of para-hydroxylation sites is 1. The van der Waals surface area contributed by atoms with Crippen LogP contribution in [0.15, 0.2) is 24.3 Å². The second kappa shape index (κ2) is 8.16. The summed E-state index contributed by atoms with van der Waals surface area (Å²) in [5.74, 6) is -1.07. The SMILES string of the molecule is CCOCCN(CC)C(=O)Nc1ccccc1C(=O)O. The summed E-state index contributed by atoms with van der Waals surface area (Å²) in [7, 11) is 0. The zero-order chi connectivity index (χ0) is 15.0. The van der Waals surface area contributed by atoms with Gasteiger partial charge in [-0.05, 0) is 26.0 Å². The van der Waals surface area contributed by atoms with Gasteiger partial charge in [0.15, 0.2) is 0 Å². The van der Waals surface area contributed by atoms with Gasteiger partial charge in [0.1, 0.15) is 0 Å². The van der Waals surface area contributed by atoms with Crippen LogP contribution < -0.4 is 5.32 Å². The number of carbonyl (C=O) groups is 2. The van der Waals surface area contributed by atoms with Gasteiger partial charge in [0.25, 0.3) is 0 Å². The van der Waals surface area contributed by atoms with Gasteiger partial charge in [0.2, 0.25) is 0 Å². The van der Waals surface area contributed by atoms with E-state index in [1.54, 1.807) is 23.1 Å². The third kappa shape index (κ3) is 4.55. The van der Waals surface area contributed by atoms with Gasteiger partial charge in [-0.3, -0.25) is 0 Å². The van der Waals surface area contributed by atoms with Crippen LogP contribution in [0.4, 0.5) is 10.5 Å². The van der Waals surface area contributed by atoms with Crippen LogP contribution in [-0.4, -0.2) is 48.3 Å². The van der Waals surface area contributed by atoms with E-state index < -0.39 is 5.97 Å². The first-order valence-corrected chi connectivity index (χ1v) is 6.56. The molecule has 0 spiro atoms. The van der Waals surface area contributed by atoms with Gasteiger partial charge in [-0.15, -0.1) is 0 Å². The number of carboxylic acid groups (broad SMARTS) is 1. The van der Waals surface area contributed by atoms with Crippen molar-refractivity contribution in [3.8, 4) is 0 Å². The molecule has 0 aliphatic carbocycles. The monoisotopic (exact) mass is 280 g/mol. The minimum Gasteiger partial charge on any atom is -0.478 e. The van der Waals surface area contributed by atoms with Gasteiger partial charge in [0, 0.05) is 19.7 Å². The van der Waals surface area contributed by atoms with E-state index in [-0.39, 0.29) is 11.6 Å². The normalized spacial score (nSPS) is 10.1. The summed E-state index contributed by atoms with van der Waals surface area (Å²) in [4.78, 5) is 24.7. The molecule has 0 bridgehead atoms. The minimum atomic E-state index is -1.07. The zero-order valence-corrected chi connectivity index (χ0v) is 11.8. The average Bonchev–Trinajstić information content (AvgIpc) is 2.44. The first-order chi connectivity index (χ1) is 9.60. The van der Waals surface area contributed by atoms with Gasteiger partial charge in [0.05, 0.1) is 17.9 Å². The molecule has 0 aliphatic rings. The number of nitrogens with one attached hydrogen (secondary N) is 1. The van der Waals surface area contributed by atoms with Crippen LogP contribution in [0.3, 0.4) is 0 Å². The molecule has 0 atom stereocenters. The Balaban J connectivity index is 2.71. The summed E-state index contributed by atoms with van der Waals surface area (Å²) in [5.41, 5.74) is 0.363. The maximum absolute atomic E-state index is 12.1. The Hall–Kier alpha value is -2.08. The number of urea groups is 1. The van der Waals surface area contributed by atoms with Gasteiger partial charge in [-0.25, -0.2) is 9.59 Å². The first kappa shape index (κ1) is 16.0. The highest BCUT2D eigenvalue weighted by atomic mass is 16.5. The Kier molecular flexibility index (Phi) is 6.52. The number of nitrogens with zero attached hydrogens (tertiary/aromatic N) is 1. The molecule has 1 aromatic carbocycles. The van der Waals surface area contributed by atoms with Crippen LogP contribution in [-0.2, 0) is 4.74 Å². The third-order valence-corrected chi connectivity index (χ3v) is 2.78. The Morgan fingerprint density at radius 3 is 2.60 bits per heavy atom. The molecule has 0 aliphatic heterocycles. The second-order valence-corrected chi connectivity index (χ2v) is 4.06. The van der Waals surface area contributed by atoms with E-state index in [4.69, 9.17) is 9.84 Å². The molecule has 0 saturated heterocycles. The standard InChI is InChI=1S/C14H20N2O4/c1-3-16(9-10-20-4-2)14(19)15-12-8-6-5-7-11(12)13(17)18/h5-8H,3-4,9-10H2,1-2H3,(H,15,19)(H,17,18). The van der Waals surface area contributed by atoms with E-state index in [0.29, 0.717) is 32.0 Å². The number of carboxylic acids is 1. The molecular formula is C14H20N2O4. The fourth-order valence-corrected chi connectivity index (χ4v) is 1.70. The van der Waals surface area contributed by atoms with Gasteiger partial charge < -0.3 is 20.1 Å². The summed E-state index contributed by atoms with van der Waals surface area (Å²) in [6.07, 6.45) is 0. The molecule has 110 valence electrons. The molecule has 20 heavy (non-hydrogen) atoms. The van der Waals surface area contributed by atoms with Gasteiger partial charge in [-0.2, -0.15) is 0 Å². The molecule has 1 aromatic rings. The summed E-state index contributed by atoms with van der Waals surface area (Å²) in [6, 6.07) is 5.98. The Morgan fingerprint density at radius 2 is 2.00 bits per heavy atom. The number of hydrogen-bond donors (Lipinski definition) is 2. The summed E-state index contributed by atoms with van der Waals surface area (Å²) >= 11 is 0. The van der Waals surface area contributed by atoms with Gasteiger partial charge >= 0.3 is 12.0 Å². The van der Waals surface area contributed by atoms with E-state index >= 15 is 0 Å². The third-order valence-electron chi connectivity index (χ3n) is 2.78. The van der Waals surface area contributed by atoms with E-state index in [9.17, 15) is 9.59 Å². The lowest BCUT2D eigenvalue weighted by Crippen LogP contribution is -2.37. The topological polar surface area (TPSA) is 78.9 Å². The van der Waals surface area contributed by atoms with Crippen molar-refractivity contribution in [1.82, 2.24) is 4.90 Å².